The summed E-state index contributed by atoms with van der Waals surface area (Å²) < 4.78 is 0. The molecule has 1 N–H and O–H groups in total. The lowest BCUT2D eigenvalue weighted by Gasteiger charge is -2.22. The number of aromatic nitrogens is 1. The van der Waals surface area contributed by atoms with Crippen LogP contribution in [-0.4, -0.2) is 16.1 Å². The molecule has 1 aromatic rings. The Labute approximate surface area is 108 Å². The lowest BCUT2D eigenvalue weighted by atomic mass is 9.86. The number of aromatic carboxylic acids is 1. The Morgan fingerprint density at radius 3 is 2.50 bits per heavy atom. The van der Waals surface area contributed by atoms with E-state index in [1.807, 2.05) is 19.9 Å². The van der Waals surface area contributed by atoms with Crippen molar-refractivity contribution in [3.63, 3.8) is 0 Å². The normalized spacial score (nSPS) is 17.1. The highest BCUT2D eigenvalue weighted by atomic mass is 16.4. The fourth-order valence-electron chi connectivity index (χ4n) is 2.74. The number of hydrogen-bond acceptors (Lipinski definition) is 2. The number of carboxylic acid groups (broad SMARTS) is 1. The van der Waals surface area contributed by atoms with Gasteiger partial charge < -0.3 is 5.11 Å². The van der Waals surface area contributed by atoms with Crippen LogP contribution >= 0.6 is 0 Å². The molecular formula is C15H21NO2. The summed E-state index contributed by atoms with van der Waals surface area (Å²) in [6.45, 7) is 4.00. The van der Waals surface area contributed by atoms with Crippen LogP contribution in [0.3, 0.4) is 0 Å². The van der Waals surface area contributed by atoms with E-state index >= 15 is 0 Å². The summed E-state index contributed by atoms with van der Waals surface area (Å²) in [4.78, 5) is 15.8. The summed E-state index contributed by atoms with van der Waals surface area (Å²) in [6, 6.07) is 3.64. The first-order valence-electron chi connectivity index (χ1n) is 6.83. The van der Waals surface area contributed by atoms with Crippen molar-refractivity contribution in [3.05, 3.63) is 29.1 Å². The molecule has 1 aromatic heterocycles. The number of pyridine rings is 1. The number of rotatable bonds is 3. The molecule has 1 aliphatic carbocycles. The van der Waals surface area contributed by atoms with Crippen LogP contribution < -0.4 is 0 Å². The summed E-state index contributed by atoms with van der Waals surface area (Å²) in [7, 11) is 0. The lowest BCUT2D eigenvalue weighted by Crippen LogP contribution is -2.12. The molecule has 98 valence electrons. The van der Waals surface area contributed by atoms with Crippen molar-refractivity contribution in [1.82, 2.24) is 4.98 Å². The molecule has 0 unspecified atom stereocenters. The molecule has 0 amide bonds. The zero-order chi connectivity index (χ0) is 13.1. The van der Waals surface area contributed by atoms with Crippen LogP contribution in [0.25, 0.3) is 0 Å². The van der Waals surface area contributed by atoms with Gasteiger partial charge >= 0.3 is 5.97 Å². The molecule has 2 rings (SSSR count). The van der Waals surface area contributed by atoms with E-state index in [1.54, 1.807) is 6.07 Å². The van der Waals surface area contributed by atoms with Gasteiger partial charge in [-0.15, -0.1) is 0 Å². The molecule has 1 saturated carbocycles. The van der Waals surface area contributed by atoms with Gasteiger partial charge in [0.05, 0.1) is 11.3 Å². The third-order valence-corrected chi connectivity index (χ3v) is 3.75. The van der Waals surface area contributed by atoms with Crippen LogP contribution in [0.15, 0.2) is 12.1 Å². The minimum atomic E-state index is -0.874. The maximum atomic E-state index is 11.2. The highest BCUT2D eigenvalue weighted by Gasteiger charge is 2.20. The average molecular weight is 247 g/mol. The molecule has 0 atom stereocenters. The van der Waals surface area contributed by atoms with Crippen LogP contribution in [0.2, 0.25) is 0 Å². The molecule has 0 bridgehead atoms. The van der Waals surface area contributed by atoms with E-state index < -0.39 is 5.97 Å². The van der Waals surface area contributed by atoms with Gasteiger partial charge in [-0.3, -0.25) is 4.98 Å². The molecular weight excluding hydrogens is 226 g/mol. The van der Waals surface area contributed by atoms with Gasteiger partial charge in [0, 0.05) is 11.6 Å². The minimum absolute atomic E-state index is 0.152. The van der Waals surface area contributed by atoms with E-state index in [2.05, 4.69) is 4.98 Å². The Balaban J connectivity index is 2.33. The summed E-state index contributed by atoms with van der Waals surface area (Å²) in [5.74, 6) is -0.194. The number of carbonyl (C=O) groups is 1. The largest absolute Gasteiger partial charge is 0.478 e. The van der Waals surface area contributed by atoms with Crippen molar-refractivity contribution in [1.29, 1.82) is 0 Å². The molecule has 0 radical (unpaired) electrons. The fourth-order valence-corrected chi connectivity index (χ4v) is 2.74. The van der Waals surface area contributed by atoms with Gasteiger partial charge in [-0.1, -0.05) is 33.1 Å². The molecule has 1 heterocycles. The molecule has 0 spiro atoms. The van der Waals surface area contributed by atoms with E-state index in [1.165, 1.54) is 32.1 Å². The van der Waals surface area contributed by atoms with Gasteiger partial charge in [-0.25, -0.2) is 4.79 Å². The maximum absolute atomic E-state index is 11.2. The Kier molecular flexibility index (Phi) is 4.00. The summed E-state index contributed by atoms with van der Waals surface area (Å²) >= 11 is 0. The van der Waals surface area contributed by atoms with E-state index in [4.69, 9.17) is 0 Å². The Morgan fingerprint density at radius 1 is 1.28 bits per heavy atom. The third-order valence-electron chi connectivity index (χ3n) is 3.75. The van der Waals surface area contributed by atoms with E-state index in [0.717, 1.165) is 11.4 Å². The van der Waals surface area contributed by atoms with Crippen LogP contribution in [0.4, 0.5) is 0 Å². The summed E-state index contributed by atoms with van der Waals surface area (Å²) in [5.41, 5.74) is 2.17. The monoisotopic (exact) mass is 247 g/mol. The van der Waals surface area contributed by atoms with Gasteiger partial charge in [0.1, 0.15) is 0 Å². The molecule has 0 saturated heterocycles. The molecule has 0 aliphatic heterocycles. The maximum Gasteiger partial charge on any atom is 0.337 e. The molecule has 1 aliphatic rings. The SMILES string of the molecule is CC(C)c1nc(C2CCCCC2)ccc1C(=O)O. The molecule has 3 heteroatoms. The summed E-state index contributed by atoms with van der Waals surface area (Å²) in [5, 5.41) is 9.18. The van der Waals surface area contributed by atoms with Gasteiger partial charge in [-0.2, -0.15) is 0 Å². The molecule has 1 fully saturated rings. The van der Waals surface area contributed by atoms with Crippen LogP contribution in [0, 0.1) is 0 Å². The second-order valence-corrected chi connectivity index (χ2v) is 5.46. The Hall–Kier alpha value is -1.38. The van der Waals surface area contributed by atoms with Gasteiger partial charge in [0.2, 0.25) is 0 Å². The first kappa shape index (κ1) is 13.1. The standard InChI is InChI=1S/C15H21NO2/c1-10(2)14-12(15(17)18)8-9-13(16-14)11-6-4-3-5-7-11/h8-11H,3-7H2,1-2H3,(H,17,18). The highest BCUT2D eigenvalue weighted by Crippen LogP contribution is 2.32. The van der Waals surface area contributed by atoms with E-state index in [9.17, 15) is 9.90 Å². The third kappa shape index (κ3) is 2.71. The Morgan fingerprint density at radius 2 is 1.94 bits per heavy atom. The van der Waals surface area contributed by atoms with Crippen molar-refractivity contribution in [2.24, 2.45) is 0 Å². The van der Waals surface area contributed by atoms with Crippen LogP contribution in [-0.2, 0) is 0 Å². The average Bonchev–Trinajstić information content (AvgIpc) is 2.39. The fraction of sp³-hybridized carbons (Fsp3) is 0.600. The van der Waals surface area contributed by atoms with Gasteiger partial charge in [-0.05, 0) is 30.9 Å². The Bertz CT molecular complexity index is 434. The van der Waals surface area contributed by atoms with E-state index in [0.29, 0.717) is 11.5 Å². The second kappa shape index (κ2) is 5.51. The molecule has 0 aromatic carbocycles. The van der Waals surface area contributed by atoms with Crippen LogP contribution in [0.5, 0.6) is 0 Å². The van der Waals surface area contributed by atoms with Crippen molar-refractivity contribution in [2.75, 3.05) is 0 Å². The first-order valence-corrected chi connectivity index (χ1v) is 6.83. The van der Waals surface area contributed by atoms with Crippen molar-refractivity contribution in [2.45, 2.75) is 57.8 Å². The van der Waals surface area contributed by atoms with Gasteiger partial charge in [0.25, 0.3) is 0 Å². The first-order chi connectivity index (χ1) is 8.59. The zero-order valence-corrected chi connectivity index (χ0v) is 11.1. The minimum Gasteiger partial charge on any atom is -0.478 e. The topological polar surface area (TPSA) is 50.2 Å². The van der Waals surface area contributed by atoms with Crippen molar-refractivity contribution in [3.8, 4) is 0 Å². The van der Waals surface area contributed by atoms with Crippen LogP contribution in [0.1, 0.15) is 79.5 Å². The molecule has 18 heavy (non-hydrogen) atoms. The van der Waals surface area contributed by atoms with Crippen molar-refractivity contribution < 1.29 is 9.90 Å². The number of hydrogen-bond donors (Lipinski definition) is 1. The van der Waals surface area contributed by atoms with Gasteiger partial charge in [0.15, 0.2) is 0 Å². The predicted molar refractivity (Wildman–Crippen MR) is 71.1 cm³/mol. The smallest absolute Gasteiger partial charge is 0.337 e. The predicted octanol–water partition coefficient (Wildman–Crippen LogP) is 3.95. The highest BCUT2D eigenvalue weighted by molar-refractivity contribution is 5.89. The molecule has 3 nitrogen and oxygen atoms in total. The van der Waals surface area contributed by atoms with E-state index in [-0.39, 0.29) is 5.92 Å². The quantitative estimate of drug-likeness (QED) is 0.879. The lowest BCUT2D eigenvalue weighted by molar-refractivity contribution is 0.0694. The number of nitrogens with zero attached hydrogens (tertiary/aromatic N) is 1. The number of carboxylic acids is 1. The summed E-state index contributed by atoms with van der Waals surface area (Å²) in [6.07, 6.45) is 6.24. The van der Waals surface area contributed by atoms with Crippen molar-refractivity contribution >= 4 is 5.97 Å². The zero-order valence-electron chi connectivity index (χ0n) is 11.1. The second-order valence-electron chi connectivity index (χ2n) is 5.46.